The number of nitrogens with zero attached hydrogens (tertiary/aromatic N) is 7. The maximum Gasteiger partial charge on any atom is 0.410 e. The van der Waals surface area contributed by atoms with E-state index in [1.54, 1.807) is 29.4 Å². The molecule has 3 fully saturated rings. The third kappa shape index (κ3) is 6.78. The number of hydrogen-bond donors (Lipinski definition) is 2. The third-order valence-electron chi connectivity index (χ3n) is 8.33. The van der Waals surface area contributed by atoms with Crippen molar-refractivity contribution < 1.29 is 22.7 Å². The maximum absolute atomic E-state index is 13.7. The largest absolute Gasteiger partial charge is 0.444 e. The van der Waals surface area contributed by atoms with E-state index in [1.807, 2.05) is 39.5 Å². The smallest absolute Gasteiger partial charge is 0.410 e. The van der Waals surface area contributed by atoms with Gasteiger partial charge in [0.15, 0.2) is 5.82 Å². The van der Waals surface area contributed by atoms with E-state index in [0.29, 0.717) is 73.3 Å². The average Bonchev–Trinajstić information content (AvgIpc) is 3.72. The number of piperidine rings is 1. The van der Waals surface area contributed by atoms with E-state index in [0.717, 1.165) is 16.9 Å². The molecule has 1 spiro atoms. The summed E-state index contributed by atoms with van der Waals surface area (Å²) in [6.07, 6.45) is 8.66. The zero-order chi connectivity index (χ0) is 32.9. The molecule has 2 N–H and O–H groups in total. The number of anilines is 3. The van der Waals surface area contributed by atoms with Crippen LogP contribution in [0.25, 0.3) is 11.4 Å². The minimum atomic E-state index is -3.49. The molecule has 14 nitrogen and oxygen atoms in total. The Morgan fingerprint density at radius 3 is 2.41 bits per heavy atom. The van der Waals surface area contributed by atoms with Gasteiger partial charge in [0, 0.05) is 56.1 Å². The zero-order valence-electron chi connectivity index (χ0n) is 26.9. The van der Waals surface area contributed by atoms with Crippen LogP contribution < -0.4 is 10.6 Å². The molecule has 1 saturated carbocycles. The highest BCUT2D eigenvalue weighted by Crippen LogP contribution is 2.41. The van der Waals surface area contributed by atoms with E-state index in [4.69, 9.17) is 4.74 Å². The lowest BCUT2D eigenvalue weighted by molar-refractivity contribution is -0.0563. The van der Waals surface area contributed by atoms with Crippen molar-refractivity contribution in [3.63, 3.8) is 0 Å². The molecular weight excluding hydrogens is 610 g/mol. The van der Waals surface area contributed by atoms with E-state index >= 15 is 0 Å². The van der Waals surface area contributed by atoms with Crippen LogP contribution in [0.2, 0.25) is 0 Å². The molecule has 2 saturated heterocycles. The van der Waals surface area contributed by atoms with E-state index in [9.17, 15) is 18.0 Å². The molecule has 5 heterocycles. The monoisotopic (exact) mass is 651 g/mol. The van der Waals surface area contributed by atoms with Crippen molar-refractivity contribution in [1.29, 1.82) is 0 Å². The number of amides is 2. The van der Waals surface area contributed by atoms with Crippen molar-refractivity contribution in [2.24, 2.45) is 5.41 Å². The van der Waals surface area contributed by atoms with Crippen molar-refractivity contribution in [2.75, 3.05) is 36.8 Å². The number of hydrogen-bond acceptors (Lipinski definition) is 11. The van der Waals surface area contributed by atoms with Gasteiger partial charge in [0.25, 0.3) is 15.9 Å². The number of nitrogens with one attached hydrogen (secondary N) is 2. The van der Waals surface area contributed by atoms with Crippen LogP contribution in [0.3, 0.4) is 0 Å². The van der Waals surface area contributed by atoms with Gasteiger partial charge in [0.1, 0.15) is 17.2 Å². The van der Waals surface area contributed by atoms with Crippen LogP contribution in [0.15, 0.2) is 36.9 Å². The van der Waals surface area contributed by atoms with E-state index in [-0.39, 0.29) is 28.7 Å². The summed E-state index contributed by atoms with van der Waals surface area (Å²) >= 11 is 0. The van der Waals surface area contributed by atoms with Gasteiger partial charge in [-0.1, -0.05) is 0 Å². The number of aromatic nitrogens is 5. The van der Waals surface area contributed by atoms with Crippen molar-refractivity contribution in [2.45, 2.75) is 77.2 Å². The Kier molecular flexibility index (Phi) is 8.15. The SMILES string of the molecule is CC(C)Nc1cc(Nc2ccnc(-c3cnn(S(=O)(=O)C4CC4)c3)n2)ncc1C(=O)N1CCC2(CC1)CN(C(=O)OC(C)(C)C)C2. The summed E-state index contributed by atoms with van der Waals surface area (Å²) in [5.41, 5.74) is 1.11. The average molecular weight is 652 g/mol. The third-order valence-corrected chi connectivity index (χ3v) is 10.4. The van der Waals surface area contributed by atoms with Crippen LogP contribution in [0, 0.1) is 5.41 Å². The Morgan fingerprint density at radius 1 is 1.04 bits per heavy atom. The molecule has 3 aliphatic rings. The van der Waals surface area contributed by atoms with Crippen LogP contribution in [0.1, 0.15) is 70.7 Å². The summed E-state index contributed by atoms with van der Waals surface area (Å²) < 4.78 is 31.6. The Hall–Kier alpha value is -4.27. The standard InChI is InChI=1S/C31H41N9O5S/c1-20(2)35-24-14-26(36-25-8-11-32-27(37-25)21-15-34-40(17-21)46(43,44)22-6-7-22)33-16-23(24)28(41)38-12-9-31(10-13-38)18-39(19-31)29(42)45-30(3,4)5/h8,11,14-17,20,22H,6-7,9-10,12-13,18-19H2,1-5H3,(H2,32,33,35,36,37). The van der Waals surface area contributed by atoms with E-state index in [2.05, 4.69) is 30.7 Å². The molecule has 1 aliphatic carbocycles. The molecule has 0 bridgehead atoms. The molecule has 2 aliphatic heterocycles. The minimum absolute atomic E-state index is 0.0271. The molecule has 246 valence electrons. The molecule has 0 aromatic carbocycles. The van der Waals surface area contributed by atoms with Crippen molar-refractivity contribution in [1.82, 2.24) is 33.9 Å². The lowest BCUT2D eigenvalue weighted by Gasteiger charge is -2.53. The molecule has 0 unspecified atom stereocenters. The minimum Gasteiger partial charge on any atom is -0.444 e. The Morgan fingerprint density at radius 2 is 1.76 bits per heavy atom. The van der Waals surface area contributed by atoms with Crippen LogP contribution in [0.5, 0.6) is 0 Å². The van der Waals surface area contributed by atoms with Crippen LogP contribution in [-0.4, -0.2) is 97.4 Å². The predicted octanol–water partition coefficient (Wildman–Crippen LogP) is 4.11. The Labute approximate surface area is 269 Å². The van der Waals surface area contributed by atoms with Gasteiger partial charge in [-0.15, -0.1) is 0 Å². The predicted molar refractivity (Wildman–Crippen MR) is 172 cm³/mol. The number of rotatable bonds is 8. The summed E-state index contributed by atoms with van der Waals surface area (Å²) in [4.78, 5) is 43.1. The molecular formula is C31H41N9O5S. The van der Waals surface area contributed by atoms with Gasteiger partial charge in [0.2, 0.25) is 0 Å². The quantitative estimate of drug-likeness (QED) is 0.360. The normalized spacial score (nSPS) is 18.0. The van der Waals surface area contributed by atoms with Gasteiger partial charge >= 0.3 is 6.09 Å². The van der Waals surface area contributed by atoms with E-state index < -0.39 is 15.6 Å². The summed E-state index contributed by atoms with van der Waals surface area (Å²) in [6.45, 7) is 12.1. The van der Waals surface area contributed by atoms with Gasteiger partial charge in [-0.05, 0) is 66.4 Å². The fraction of sp³-hybridized carbons (Fsp3) is 0.548. The lowest BCUT2D eigenvalue weighted by Crippen LogP contribution is -2.62. The van der Waals surface area contributed by atoms with Gasteiger partial charge < -0.3 is 25.2 Å². The number of carbonyl (C=O) groups is 2. The lowest BCUT2D eigenvalue weighted by atomic mass is 9.72. The fourth-order valence-electron chi connectivity index (χ4n) is 5.79. The first-order chi connectivity index (χ1) is 21.7. The summed E-state index contributed by atoms with van der Waals surface area (Å²) in [5, 5.41) is 10.2. The number of carbonyl (C=O) groups excluding carboxylic acids is 2. The molecule has 0 atom stereocenters. The second-order valence-electron chi connectivity index (χ2n) is 13.8. The zero-order valence-corrected chi connectivity index (χ0v) is 27.7. The topological polar surface area (TPSA) is 165 Å². The van der Waals surface area contributed by atoms with Gasteiger partial charge in [-0.25, -0.2) is 28.2 Å². The number of ether oxygens (including phenoxy) is 1. The Balaban J connectivity index is 1.11. The van der Waals surface area contributed by atoms with Crippen molar-refractivity contribution >= 4 is 39.3 Å². The molecule has 3 aromatic rings. The summed E-state index contributed by atoms with van der Waals surface area (Å²) in [6, 6.07) is 3.53. The van der Waals surface area contributed by atoms with Gasteiger partial charge in [-0.3, -0.25) is 4.79 Å². The second kappa shape index (κ2) is 11.8. The number of likely N-dealkylation sites (tertiary alicyclic amines) is 2. The van der Waals surface area contributed by atoms with Crippen molar-refractivity contribution in [3.8, 4) is 11.4 Å². The molecule has 46 heavy (non-hydrogen) atoms. The van der Waals surface area contributed by atoms with Crippen molar-refractivity contribution in [3.05, 3.63) is 42.5 Å². The molecule has 15 heteroatoms. The highest BCUT2D eigenvalue weighted by molar-refractivity contribution is 7.90. The highest BCUT2D eigenvalue weighted by Gasteiger charge is 2.48. The van der Waals surface area contributed by atoms with Crippen LogP contribution >= 0.6 is 0 Å². The maximum atomic E-state index is 13.7. The highest BCUT2D eigenvalue weighted by atomic mass is 32.2. The first kappa shape index (κ1) is 31.7. The van der Waals surface area contributed by atoms with Crippen LogP contribution in [0.4, 0.5) is 22.1 Å². The molecule has 3 aromatic heterocycles. The summed E-state index contributed by atoms with van der Waals surface area (Å²) in [7, 11) is -3.49. The van der Waals surface area contributed by atoms with Gasteiger partial charge in [0.05, 0.1) is 34.5 Å². The second-order valence-corrected chi connectivity index (χ2v) is 15.8. The molecule has 0 radical (unpaired) electrons. The van der Waals surface area contributed by atoms with Gasteiger partial charge in [-0.2, -0.15) is 9.19 Å². The molecule has 6 rings (SSSR count). The first-order valence-electron chi connectivity index (χ1n) is 15.6. The Bertz CT molecular complexity index is 1730. The summed E-state index contributed by atoms with van der Waals surface area (Å²) in [5.74, 6) is 1.15. The van der Waals surface area contributed by atoms with Crippen LogP contribution in [-0.2, 0) is 14.8 Å². The molecule has 2 amide bonds. The number of pyridine rings is 1. The fourth-order valence-corrected chi connectivity index (χ4v) is 7.27. The first-order valence-corrected chi connectivity index (χ1v) is 17.2. The van der Waals surface area contributed by atoms with E-state index in [1.165, 1.54) is 12.4 Å².